The third kappa shape index (κ3) is 2.69. The van der Waals surface area contributed by atoms with E-state index in [1.807, 2.05) is 37.1 Å². The highest BCUT2D eigenvalue weighted by Gasteiger charge is 2.08. The molecule has 2 aromatic rings. The van der Waals surface area contributed by atoms with E-state index in [2.05, 4.69) is 15.0 Å². The van der Waals surface area contributed by atoms with Gasteiger partial charge in [0.1, 0.15) is 5.82 Å². The van der Waals surface area contributed by atoms with Crippen LogP contribution in [0.2, 0.25) is 0 Å². The maximum absolute atomic E-state index is 5.59. The van der Waals surface area contributed by atoms with Crippen molar-refractivity contribution in [2.45, 2.75) is 13.5 Å². The van der Waals surface area contributed by atoms with Crippen LogP contribution < -0.4 is 10.6 Å². The second kappa shape index (κ2) is 4.78. The molecule has 17 heavy (non-hydrogen) atoms. The maximum atomic E-state index is 5.59. The molecule has 88 valence electrons. The van der Waals surface area contributed by atoms with E-state index in [4.69, 9.17) is 5.73 Å². The first kappa shape index (κ1) is 11.3. The highest BCUT2D eigenvalue weighted by Crippen LogP contribution is 2.16. The number of nitrogen functional groups attached to an aromatic ring is 1. The maximum Gasteiger partial charge on any atom is 0.221 e. The number of pyridine rings is 1. The first-order valence-corrected chi connectivity index (χ1v) is 5.37. The molecule has 0 spiro atoms. The second-order valence-corrected chi connectivity index (χ2v) is 3.91. The second-order valence-electron chi connectivity index (χ2n) is 3.91. The normalized spacial score (nSPS) is 10.2. The van der Waals surface area contributed by atoms with Crippen molar-refractivity contribution in [1.82, 2.24) is 15.0 Å². The van der Waals surface area contributed by atoms with Gasteiger partial charge in [0.25, 0.3) is 0 Å². The van der Waals surface area contributed by atoms with Crippen LogP contribution in [0.3, 0.4) is 0 Å². The SMILES string of the molecule is Cc1cnc(N)nc1N(C)Cc1ccccn1. The van der Waals surface area contributed by atoms with Crippen LogP contribution in [0.5, 0.6) is 0 Å². The van der Waals surface area contributed by atoms with E-state index in [0.29, 0.717) is 12.5 Å². The Bertz CT molecular complexity index is 498. The Morgan fingerprint density at radius 1 is 1.29 bits per heavy atom. The molecule has 5 nitrogen and oxygen atoms in total. The summed E-state index contributed by atoms with van der Waals surface area (Å²) in [6.45, 7) is 2.65. The number of hydrogen-bond acceptors (Lipinski definition) is 5. The molecular weight excluding hydrogens is 214 g/mol. The molecule has 2 aromatic heterocycles. The number of rotatable bonds is 3. The fourth-order valence-electron chi connectivity index (χ4n) is 1.64. The van der Waals surface area contributed by atoms with Gasteiger partial charge in [0, 0.05) is 25.0 Å². The summed E-state index contributed by atoms with van der Waals surface area (Å²) >= 11 is 0. The predicted octanol–water partition coefficient (Wildman–Crippen LogP) is 1.40. The monoisotopic (exact) mass is 229 g/mol. The highest BCUT2D eigenvalue weighted by molar-refractivity contribution is 5.47. The van der Waals surface area contributed by atoms with Crippen molar-refractivity contribution in [2.24, 2.45) is 0 Å². The van der Waals surface area contributed by atoms with Gasteiger partial charge < -0.3 is 10.6 Å². The molecule has 0 atom stereocenters. The standard InChI is InChI=1S/C12H15N5/c1-9-7-15-12(13)16-11(9)17(2)8-10-5-3-4-6-14-10/h3-7H,8H2,1-2H3,(H2,13,15,16). The first-order valence-electron chi connectivity index (χ1n) is 5.37. The molecule has 0 aromatic carbocycles. The molecule has 2 N–H and O–H groups in total. The van der Waals surface area contributed by atoms with E-state index in [1.54, 1.807) is 12.4 Å². The Morgan fingerprint density at radius 2 is 2.12 bits per heavy atom. The Kier molecular flexibility index (Phi) is 3.18. The Balaban J connectivity index is 2.20. The van der Waals surface area contributed by atoms with Crippen LogP contribution in [-0.2, 0) is 6.54 Å². The van der Waals surface area contributed by atoms with E-state index in [0.717, 1.165) is 17.1 Å². The van der Waals surface area contributed by atoms with Crippen LogP contribution in [0.15, 0.2) is 30.6 Å². The molecular formula is C12H15N5. The minimum absolute atomic E-state index is 0.290. The summed E-state index contributed by atoms with van der Waals surface area (Å²) in [4.78, 5) is 14.5. The lowest BCUT2D eigenvalue weighted by Crippen LogP contribution is -2.20. The van der Waals surface area contributed by atoms with Crippen LogP contribution in [0.1, 0.15) is 11.3 Å². The molecule has 2 rings (SSSR count). The number of anilines is 2. The van der Waals surface area contributed by atoms with Crippen molar-refractivity contribution in [3.8, 4) is 0 Å². The van der Waals surface area contributed by atoms with Crippen LogP contribution in [0, 0.1) is 6.92 Å². The number of aromatic nitrogens is 3. The number of hydrogen-bond donors (Lipinski definition) is 1. The van der Waals surface area contributed by atoms with Crippen molar-refractivity contribution in [3.63, 3.8) is 0 Å². The molecule has 0 unspecified atom stereocenters. The van der Waals surface area contributed by atoms with Gasteiger partial charge in [-0.25, -0.2) is 4.98 Å². The number of nitrogens with two attached hydrogens (primary N) is 1. The lowest BCUT2D eigenvalue weighted by molar-refractivity contribution is 0.856. The van der Waals surface area contributed by atoms with Crippen LogP contribution >= 0.6 is 0 Å². The van der Waals surface area contributed by atoms with Gasteiger partial charge in [-0.3, -0.25) is 4.98 Å². The molecule has 0 aliphatic heterocycles. The molecule has 0 radical (unpaired) electrons. The Hall–Kier alpha value is -2.17. The quantitative estimate of drug-likeness (QED) is 0.861. The molecule has 0 amide bonds. The average molecular weight is 229 g/mol. The largest absolute Gasteiger partial charge is 0.368 e. The zero-order valence-electron chi connectivity index (χ0n) is 9.96. The summed E-state index contributed by atoms with van der Waals surface area (Å²) in [5, 5.41) is 0. The van der Waals surface area contributed by atoms with Gasteiger partial charge in [0.05, 0.1) is 12.2 Å². The molecule has 0 bridgehead atoms. The third-order valence-corrected chi connectivity index (χ3v) is 2.45. The van der Waals surface area contributed by atoms with Crippen molar-refractivity contribution < 1.29 is 0 Å². The van der Waals surface area contributed by atoms with Crippen LogP contribution in [0.25, 0.3) is 0 Å². The van der Waals surface area contributed by atoms with E-state index in [-0.39, 0.29) is 0 Å². The van der Waals surface area contributed by atoms with Gasteiger partial charge in [-0.15, -0.1) is 0 Å². The topological polar surface area (TPSA) is 67.9 Å². The van der Waals surface area contributed by atoms with Gasteiger partial charge in [0.15, 0.2) is 0 Å². The van der Waals surface area contributed by atoms with E-state index >= 15 is 0 Å². The molecule has 5 heteroatoms. The van der Waals surface area contributed by atoms with Crippen LogP contribution in [0.4, 0.5) is 11.8 Å². The minimum Gasteiger partial charge on any atom is -0.368 e. The molecule has 0 aliphatic rings. The van der Waals surface area contributed by atoms with E-state index < -0.39 is 0 Å². The molecule has 0 saturated heterocycles. The molecule has 0 fully saturated rings. The Morgan fingerprint density at radius 3 is 2.82 bits per heavy atom. The van der Waals surface area contributed by atoms with Crippen molar-refractivity contribution >= 4 is 11.8 Å². The molecule has 0 aliphatic carbocycles. The zero-order chi connectivity index (χ0) is 12.3. The van der Waals surface area contributed by atoms with E-state index in [1.165, 1.54) is 0 Å². The summed E-state index contributed by atoms with van der Waals surface area (Å²) in [6, 6.07) is 5.85. The van der Waals surface area contributed by atoms with Gasteiger partial charge in [-0.2, -0.15) is 4.98 Å². The smallest absolute Gasteiger partial charge is 0.221 e. The predicted molar refractivity (Wildman–Crippen MR) is 67.5 cm³/mol. The van der Waals surface area contributed by atoms with Gasteiger partial charge in [-0.1, -0.05) is 6.07 Å². The highest BCUT2D eigenvalue weighted by atomic mass is 15.2. The van der Waals surface area contributed by atoms with Crippen molar-refractivity contribution in [2.75, 3.05) is 17.7 Å². The van der Waals surface area contributed by atoms with E-state index in [9.17, 15) is 0 Å². The summed E-state index contributed by atoms with van der Waals surface area (Å²) in [5.41, 5.74) is 7.58. The van der Waals surface area contributed by atoms with Gasteiger partial charge in [-0.05, 0) is 19.1 Å². The van der Waals surface area contributed by atoms with Gasteiger partial charge in [0.2, 0.25) is 5.95 Å². The summed E-state index contributed by atoms with van der Waals surface area (Å²) in [6.07, 6.45) is 3.51. The van der Waals surface area contributed by atoms with Crippen molar-refractivity contribution in [3.05, 3.63) is 41.9 Å². The summed E-state index contributed by atoms with van der Waals surface area (Å²) in [5.74, 6) is 1.13. The van der Waals surface area contributed by atoms with Crippen molar-refractivity contribution in [1.29, 1.82) is 0 Å². The fourth-order valence-corrected chi connectivity index (χ4v) is 1.64. The fraction of sp³-hybridized carbons (Fsp3) is 0.250. The summed E-state index contributed by atoms with van der Waals surface area (Å²) in [7, 11) is 1.96. The molecule has 2 heterocycles. The lowest BCUT2D eigenvalue weighted by atomic mass is 10.3. The van der Waals surface area contributed by atoms with Crippen LogP contribution in [-0.4, -0.2) is 22.0 Å². The zero-order valence-corrected chi connectivity index (χ0v) is 9.96. The summed E-state index contributed by atoms with van der Waals surface area (Å²) < 4.78 is 0. The number of nitrogens with zero attached hydrogens (tertiary/aromatic N) is 4. The Labute approximate surface area is 100 Å². The first-order chi connectivity index (χ1) is 8.16. The number of aryl methyl sites for hydroxylation is 1. The lowest BCUT2D eigenvalue weighted by Gasteiger charge is -2.19. The molecule has 0 saturated carbocycles. The minimum atomic E-state index is 0.290. The van der Waals surface area contributed by atoms with Gasteiger partial charge >= 0.3 is 0 Å². The average Bonchev–Trinajstić information content (AvgIpc) is 2.33. The third-order valence-electron chi connectivity index (χ3n) is 2.45.